The summed E-state index contributed by atoms with van der Waals surface area (Å²) >= 11 is 6.14. The zero-order valence-corrected chi connectivity index (χ0v) is 24.1. The molecule has 230 valence electrons. The lowest BCUT2D eigenvalue weighted by atomic mass is 9.76. The number of primary sulfonamides is 1. The molecule has 0 bridgehead atoms. The molecule has 6 N–H and O–H groups in total. The summed E-state index contributed by atoms with van der Waals surface area (Å²) in [6, 6.07) is 10.4. The van der Waals surface area contributed by atoms with Crippen LogP contribution in [0, 0.1) is 5.41 Å². The quantitative estimate of drug-likeness (QED) is 0.298. The molecule has 3 aromatic rings. The number of nitrogen functional groups attached to an aromatic ring is 1. The van der Waals surface area contributed by atoms with Gasteiger partial charge in [-0.25, -0.2) is 13.6 Å². The van der Waals surface area contributed by atoms with Crippen LogP contribution in [0.3, 0.4) is 0 Å². The van der Waals surface area contributed by atoms with Gasteiger partial charge >= 0.3 is 12.1 Å². The molecule has 0 aliphatic carbocycles. The first kappa shape index (κ1) is 30.8. The first-order valence-electron chi connectivity index (χ1n) is 13.2. The molecule has 1 spiro atoms. The van der Waals surface area contributed by atoms with Crippen molar-refractivity contribution in [3.8, 4) is 17.0 Å². The van der Waals surface area contributed by atoms with E-state index in [4.69, 9.17) is 27.2 Å². The number of carbonyl (C=O) groups is 1. The summed E-state index contributed by atoms with van der Waals surface area (Å²) in [4.78, 5) is 20.4. The number of nitrogens with two attached hydrogens (primary N) is 2. The van der Waals surface area contributed by atoms with Crippen LogP contribution in [0.15, 0.2) is 53.4 Å². The summed E-state index contributed by atoms with van der Waals surface area (Å²) in [6.07, 6.45) is -6.25. The molecule has 2 atom stereocenters. The maximum Gasteiger partial charge on any atom is 0.429 e. The predicted molar refractivity (Wildman–Crippen MR) is 152 cm³/mol. The molecule has 0 saturated carbocycles. The van der Waals surface area contributed by atoms with E-state index in [1.807, 2.05) is 0 Å². The molecule has 16 heteroatoms. The number of piperidine rings is 1. The maximum atomic E-state index is 14.7. The number of benzene rings is 2. The fourth-order valence-corrected chi connectivity index (χ4v) is 6.80. The third-order valence-corrected chi connectivity index (χ3v) is 8.98. The highest BCUT2D eigenvalue weighted by Crippen LogP contribution is 2.45. The van der Waals surface area contributed by atoms with Gasteiger partial charge in [0.25, 0.3) is 0 Å². The lowest BCUT2D eigenvalue weighted by Crippen LogP contribution is -2.41. The van der Waals surface area contributed by atoms with E-state index in [0.717, 1.165) is 6.07 Å². The average molecular weight is 641 g/mol. The van der Waals surface area contributed by atoms with Gasteiger partial charge in [-0.1, -0.05) is 41.9 Å². The van der Waals surface area contributed by atoms with Crippen molar-refractivity contribution in [2.75, 3.05) is 30.3 Å². The molecule has 2 fully saturated rings. The predicted octanol–water partition coefficient (Wildman–Crippen LogP) is 3.74. The van der Waals surface area contributed by atoms with Gasteiger partial charge in [0.05, 0.1) is 4.90 Å². The second-order valence-corrected chi connectivity index (χ2v) is 12.7. The Morgan fingerprint density at radius 2 is 1.84 bits per heavy atom. The van der Waals surface area contributed by atoms with Crippen LogP contribution >= 0.6 is 11.6 Å². The van der Waals surface area contributed by atoms with Crippen molar-refractivity contribution >= 4 is 39.4 Å². The molecule has 2 aliphatic heterocycles. The molecule has 1 unspecified atom stereocenters. The minimum atomic E-state index is -5.13. The number of sulfonamides is 1. The van der Waals surface area contributed by atoms with E-state index in [1.165, 1.54) is 24.3 Å². The number of hydrogen-bond donors (Lipinski definition) is 4. The van der Waals surface area contributed by atoms with Crippen LogP contribution in [0.2, 0.25) is 5.02 Å². The Hall–Kier alpha value is -3.66. The molecular formula is C27H28ClF3N6O5S. The lowest BCUT2D eigenvalue weighted by molar-refractivity contribution is -0.199. The van der Waals surface area contributed by atoms with Crippen LogP contribution in [0.5, 0.6) is 5.88 Å². The van der Waals surface area contributed by atoms with Crippen molar-refractivity contribution in [3.05, 3.63) is 59.1 Å². The van der Waals surface area contributed by atoms with Crippen molar-refractivity contribution in [2.24, 2.45) is 10.6 Å². The number of anilines is 2. The smallest absolute Gasteiger partial charge is 0.429 e. The van der Waals surface area contributed by atoms with Gasteiger partial charge in [0.1, 0.15) is 11.9 Å². The van der Waals surface area contributed by atoms with Crippen LogP contribution in [0.4, 0.5) is 24.9 Å². The summed E-state index contributed by atoms with van der Waals surface area (Å²) < 4.78 is 74.8. The Bertz CT molecular complexity index is 1640. The van der Waals surface area contributed by atoms with Crippen molar-refractivity contribution < 1.29 is 36.2 Å². The average Bonchev–Trinajstić information content (AvgIpc) is 3.35. The number of aromatic nitrogens is 2. The molecule has 5 rings (SSSR count). The molecule has 0 radical (unpaired) electrons. The van der Waals surface area contributed by atoms with E-state index in [2.05, 4.69) is 15.3 Å². The third kappa shape index (κ3) is 6.64. The number of alkyl halides is 3. The van der Waals surface area contributed by atoms with Crippen molar-refractivity contribution in [1.82, 2.24) is 15.3 Å². The number of carboxylic acids is 1. The minimum absolute atomic E-state index is 0.142. The Balaban J connectivity index is 1.51. The molecular weight excluding hydrogens is 613 g/mol. The molecule has 2 aliphatic rings. The van der Waals surface area contributed by atoms with Gasteiger partial charge in [-0.2, -0.15) is 23.1 Å². The Kier molecular flexibility index (Phi) is 8.19. The van der Waals surface area contributed by atoms with Crippen LogP contribution < -0.4 is 25.8 Å². The molecule has 3 heterocycles. The number of ether oxygens (including phenoxy) is 1. The molecule has 43 heavy (non-hydrogen) atoms. The van der Waals surface area contributed by atoms with Gasteiger partial charge in [-0.3, -0.25) is 4.79 Å². The molecule has 1 aromatic heterocycles. The van der Waals surface area contributed by atoms with E-state index >= 15 is 0 Å². The largest absolute Gasteiger partial charge is 0.480 e. The number of halogens is 4. The summed E-state index contributed by atoms with van der Waals surface area (Å²) in [6.45, 7) is 1.43. The standard InChI is InChI=1S/C27H28ClF3N6O5S/c28-16-10-17(15-4-2-1-3-5-15)22(19(11-16)43(33,40)41)23(27(29,30)31)42-21-12-20(35-25(32)36-21)37-8-6-26(7-9-37)13-18(24(38)39)34-14-26/h1-5,10-12,18,23,34H,6-9,13-14H2,(H,38,39)(H2,32,35,36)(H2,33,40,41)/t18-,23?/m0/s1. The number of nitrogens with one attached hydrogen (secondary N) is 1. The Labute approximate surface area is 250 Å². The van der Waals surface area contributed by atoms with Crippen molar-refractivity contribution in [2.45, 2.75) is 42.5 Å². The molecule has 2 saturated heterocycles. The first-order valence-corrected chi connectivity index (χ1v) is 15.1. The van der Waals surface area contributed by atoms with E-state index in [9.17, 15) is 31.5 Å². The summed E-state index contributed by atoms with van der Waals surface area (Å²) in [5, 5.41) is 17.6. The second-order valence-electron chi connectivity index (χ2n) is 10.7. The zero-order chi connectivity index (χ0) is 31.2. The SMILES string of the molecule is Nc1nc(OC(c2c(-c3ccccc3)cc(Cl)cc2S(N)(=O)=O)C(F)(F)F)cc(N2CCC3(CC2)CN[C@H](C(=O)O)C3)n1. The number of aliphatic carboxylic acids is 1. The fourth-order valence-electron chi connectivity index (χ4n) is 5.70. The number of nitrogens with zero attached hydrogens (tertiary/aromatic N) is 3. The van der Waals surface area contributed by atoms with E-state index in [0.29, 0.717) is 38.9 Å². The van der Waals surface area contributed by atoms with Gasteiger partial charge < -0.3 is 25.8 Å². The summed E-state index contributed by atoms with van der Waals surface area (Å²) in [5.74, 6) is -1.59. The van der Waals surface area contributed by atoms with E-state index in [-0.39, 0.29) is 33.3 Å². The highest BCUT2D eigenvalue weighted by atomic mass is 35.5. The lowest BCUT2D eigenvalue weighted by Gasteiger charge is -2.39. The van der Waals surface area contributed by atoms with Crippen LogP contribution in [-0.2, 0) is 14.8 Å². The summed E-state index contributed by atoms with van der Waals surface area (Å²) in [7, 11) is -4.71. The maximum absolute atomic E-state index is 14.7. The normalized spacial score (nSPS) is 19.4. The van der Waals surface area contributed by atoms with Gasteiger partial charge in [-0.15, -0.1) is 0 Å². The van der Waals surface area contributed by atoms with Gasteiger partial charge in [-0.05, 0) is 47.9 Å². The van der Waals surface area contributed by atoms with Gasteiger partial charge in [0.15, 0.2) is 0 Å². The Morgan fingerprint density at radius 3 is 2.42 bits per heavy atom. The van der Waals surface area contributed by atoms with Crippen molar-refractivity contribution in [3.63, 3.8) is 0 Å². The molecule has 2 aromatic carbocycles. The zero-order valence-electron chi connectivity index (χ0n) is 22.5. The summed E-state index contributed by atoms with van der Waals surface area (Å²) in [5.41, 5.74) is 5.01. The fraction of sp³-hybridized carbons (Fsp3) is 0.370. The second kappa shape index (κ2) is 11.4. The highest BCUT2D eigenvalue weighted by molar-refractivity contribution is 7.89. The number of hydrogen-bond acceptors (Lipinski definition) is 9. The van der Waals surface area contributed by atoms with Crippen LogP contribution in [-0.4, -0.2) is 61.3 Å². The first-order chi connectivity index (χ1) is 20.1. The monoisotopic (exact) mass is 640 g/mol. The number of rotatable bonds is 7. The van der Waals surface area contributed by atoms with E-state index < -0.39 is 50.7 Å². The molecule has 11 nitrogen and oxygen atoms in total. The molecule has 0 amide bonds. The van der Waals surface area contributed by atoms with Gasteiger partial charge in [0.2, 0.25) is 28.0 Å². The topological polar surface area (TPSA) is 174 Å². The number of carboxylic acid groups (broad SMARTS) is 1. The van der Waals surface area contributed by atoms with Gasteiger partial charge in [0, 0.05) is 36.3 Å². The van der Waals surface area contributed by atoms with Crippen LogP contribution in [0.25, 0.3) is 11.1 Å². The third-order valence-electron chi connectivity index (χ3n) is 7.81. The van der Waals surface area contributed by atoms with Crippen LogP contribution in [0.1, 0.15) is 30.9 Å². The Morgan fingerprint density at radius 1 is 1.16 bits per heavy atom. The van der Waals surface area contributed by atoms with Crippen molar-refractivity contribution in [1.29, 1.82) is 0 Å². The van der Waals surface area contributed by atoms with E-state index in [1.54, 1.807) is 23.1 Å². The highest BCUT2D eigenvalue weighted by Gasteiger charge is 2.48. The minimum Gasteiger partial charge on any atom is -0.480 e.